The molecule has 1 amide bonds. The average Bonchev–Trinajstić information content (AvgIpc) is 3.21. The summed E-state index contributed by atoms with van der Waals surface area (Å²) in [5, 5.41) is 4.06. The van der Waals surface area contributed by atoms with Crippen molar-refractivity contribution in [3.63, 3.8) is 0 Å². The quantitative estimate of drug-likeness (QED) is 0.815. The topological polar surface area (TPSA) is 68.0 Å². The molecule has 4 rings (SSSR count). The van der Waals surface area contributed by atoms with Gasteiger partial charge in [0.25, 0.3) is 0 Å². The van der Waals surface area contributed by atoms with E-state index in [9.17, 15) is 4.79 Å². The van der Waals surface area contributed by atoms with E-state index in [4.69, 9.17) is 14.0 Å². The lowest BCUT2D eigenvalue weighted by Crippen LogP contribution is -2.50. The average molecular weight is 349 g/mol. The normalized spacial score (nSPS) is 28.3. The van der Waals surface area contributed by atoms with Crippen molar-refractivity contribution >= 4 is 5.91 Å². The highest BCUT2D eigenvalue weighted by atomic mass is 16.5. The Morgan fingerprint density at radius 3 is 2.72 bits per heavy atom. The third-order valence-electron chi connectivity index (χ3n) is 5.84. The molecule has 0 spiro atoms. The van der Waals surface area contributed by atoms with Gasteiger partial charge in [-0.05, 0) is 26.7 Å². The minimum atomic E-state index is 0.109. The van der Waals surface area contributed by atoms with Gasteiger partial charge < -0.3 is 18.9 Å². The largest absolute Gasteiger partial charge is 0.381 e. The standard InChI is InChI=1S/C18H27N3O4/c1-12-15(13(2)25-19-12)9-20-5-8-24-17-11-21(10-16(17)20)18(22)14-3-6-23-7-4-14/h14,16-17H,3-11H2,1-2H3/t16-,17+/m1/s1. The highest BCUT2D eigenvalue weighted by molar-refractivity contribution is 5.79. The number of aryl methyl sites for hydroxylation is 2. The molecule has 7 heteroatoms. The molecule has 0 bridgehead atoms. The van der Waals surface area contributed by atoms with Crippen LogP contribution in [0.1, 0.15) is 29.9 Å². The zero-order valence-corrected chi connectivity index (χ0v) is 15.1. The summed E-state index contributed by atoms with van der Waals surface area (Å²) in [6, 6.07) is 0.256. The van der Waals surface area contributed by atoms with Crippen molar-refractivity contribution in [2.45, 2.75) is 45.4 Å². The number of fused-ring (bicyclic) bond motifs is 1. The Morgan fingerprint density at radius 2 is 2.00 bits per heavy atom. The van der Waals surface area contributed by atoms with Crippen molar-refractivity contribution in [1.29, 1.82) is 0 Å². The summed E-state index contributed by atoms with van der Waals surface area (Å²) in [6.45, 7) is 9.21. The van der Waals surface area contributed by atoms with Crippen molar-refractivity contribution < 1.29 is 18.8 Å². The Morgan fingerprint density at radius 1 is 1.20 bits per heavy atom. The number of amides is 1. The highest BCUT2D eigenvalue weighted by Crippen LogP contribution is 2.28. The van der Waals surface area contributed by atoms with Gasteiger partial charge in [0.1, 0.15) is 5.76 Å². The van der Waals surface area contributed by atoms with Gasteiger partial charge in [-0.25, -0.2) is 0 Å². The molecular weight excluding hydrogens is 322 g/mol. The first-order valence-electron chi connectivity index (χ1n) is 9.27. The maximum absolute atomic E-state index is 12.8. The fraction of sp³-hybridized carbons (Fsp3) is 0.778. The summed E-state index contributed by atoms with van der Waals surface area (Å²) in [7, 11) is 0. The van der Waals surface area contributed by atoms with Gasteiger partial charge in [-0.1, -0.05) is 5.16 Å². The van der Waals surface area contributed by atoms with Crippen molar-refractivity contribution in [2.75, 3.05) is 39.5 Å². The van der Waals surface area contributed by atoms with Crippen LogP contribution < -0.4 is 0 Å². The number of aromatic nitrogens is 1. The molecule has 0 aromatic carbocycles. The molecule has 0 radical (unpaired) electrons. The Kier molecular flexibility index (Phi) is 4.80. The molecule has 25 heavy (non-hydrogen) atoms. The van der Waals surface area contributed by atoms with Gasteiger partial charge >= 0.3 is 0 Å². The lowest BCUT2D eigenvalue weighted by Gasteiger charge is -2.36. The van der Waals surface area contributed by atoms with Gasteiger partial charge in [0.2, 0.25) is 5.91 Å². The predicted octanol–water partition coefficient (Wildman–Crippen LogP) is 1.13. The van der Waals surface area contributed by atoms with E-state index in [-0.39, 0.29) is 24.0 Å². The molecule has 3 fully saturated rings. The van der Waals surface area contributed by atoms with Crippen molar-refractivity contribution in [3.8, 4) is 0 Å². The van der Waals surface area contributed by atoms with Gasteiger partial charge in [-0.3, -0.25) is 9.69 Å². The third-order valence-corrected chi connectivity index (χ3v) is 5.84. The molecule has 0 N–H and O–H groups in total. The summed E-state index contributed by atoms with van der Waals surface area (Å²) in [6.07, 6.45) is 1.79. The summed E-state index contributed by atoms with van der Waals surface area (Å²) >= 11 is 0. The first-order chi connectivity index (χ1) is 12.1. The van der Waals surface area contributed by atoms with E-state index in [2.05, 4.69) is 10.1 Å². The van der Waals surface area contributed by atoms with Crippen molar-refractivity contribution in [2.24, 2.45) is 5.92 Å². The monoisotopic (exact) mass is 349 g/mol. The number of nitrogens with zero attached hydrogens (tertiary/aromatic N) is 3. The molecule has 2 atom stereocenters. The van der Waals surface area contributed by atoms with E-state index in [1.807, 2.05) is 18.7 Å². The molecule has 3 saturated heterocycles. The summed E-state index contributed by atoms with van der Waals surface area (Å²) < 4.78 is 16.7. The number of ether oxygens (including phenoxy) is 2. The SMILES string of the molecule is Cc1noc(C)c1CN1CCO[C@H]2CN(C(=O)C3CCOCC3)C[C@H]21. The lowest BCUT2D eigenvalue weighted by molar-refractivity contribution is -0.137. The van der Waals surface area contributed by atoms with Crippen molar-refractivity contribution in [1.82, 2.24) is 15.0 Å². The summed E-state index contributed by atoms with van der Waals surface area (Å²) in [5.41, 5.74) is 2.11. The number of carbonyl (C=O) groups excluding carboxylic acids is 1. The van der Waals surface area contributed by atoms with Gasteiger partial charge in [0.15, 0.2) is 0 Å². The lowest BCUT2D eigenvalue weighted by atomic mass is 9.99. The van der Waals surface area contributed by atoms with E-state index in [1.165, 1.54) is 0 Å². The number of hydrogen-bond acceptors (Lipinski definition) is 6. The van der Waals surface area contributed by atoms with Crippen LogP contribution in [-0.2, 0) is 20.8 Å². The minimum Gasteiger partial charge on any atom is -0.381 e. The highest BCUT2D eigenvalue weighted by Gasteiger charge is 2.43. The number of likely N-dealkylation sites (tertiary alicyclic amines) is 1. The van der Waals surface area contributed by atoms with Crippen LogP contribution in [0, 0.1) is 19.8 Å². The molecule has 1 aromatic heterocycles. The molecule has 138 valence electrons. The van der Waals surface area contributed by atoms with Gasteiger partial charge in [0.05, 0.1) is 24.4 Å². The maximum atomic E-state index is 12.8. The van der Waals surface area contributed by atoms with Crippen LogP contribution in [0.15, 0.2) is 4.52 Å². The number of carbonyl (C=O) groups is 1. The van der Waals surface area contributed by atoms with E-state index in [1.54, 1.807) is 0 Å². The molecule has 0 saturated carbocycles. The molecular formula is C18H27N3O4. The van der Waals surface area contributed by atoms with Crippen LogP contribution in [0.3, 0.4) is 0 Å². The van der Waals surface area contributed by atoms with Crippen LogP contribution in [0.2, 0.25) is 0 Å². The Bertz CT molecular complexity index is 606. The molecule has 4 heterocycles. The zero-order chi connectivity index (χ0) is 17.4. The smallest absolute Gasteiger partial charge is 0.226 e. The third kappa shape index (κ3) is 3.32. The number of rotatable bonds is 3. The number of morpholine rings is 1. The fourth-order valence-corrected chi connectivity index (χ4v) is 4.27. The second-order valence-corrected chi connectivity index (χ2v) is 7.38. The van der Waals surface area contributed by atoms with E-state index in [0.717, 1.165) is 49.5 Å². The van der Waals surface area contributed by atoms with E-state index < -0.39 is 0 Å². The van der Waals surface area contributed by atoms with Gasteiger partial charge in [-0.15, -0.1) is 0 Å². The maximum Gasteiger partial charge on any atom is 0.226 e. The van der Waals surface area contributed by atoms with Crippen LogP contribution in [0.5, 0.6) is 0 Å². The van der Waals surface area contributed by atoms with E-state index in [0.29, 0.717) is 26.4 Å². The molecule has 3 aliphatic heterocycles. The van der Waals surface area contributed by atoms with Crippen LogP contribution in [0.25, 0.3) is 0 Å². The van der Waals surface area contributed by atoms with Gasteiger partial charge in [0, 0.05) is 50.9 Å². The Labute approximate surface area is 148 Å². The first kappa shape index (κ1) is 17.0. The second kappa shape index (κ2) is 7.05. The predicted molar refractivity (Wildman–Crippen MR) is 90.0 cm³/mol. The first-order valence-corrected chi connectivity index (χ1v) is 9.27. The minimum absolute atomic E-state index is 0.109. The Hall–Kier alpha value is -1.44. The molecule has 1 aromatic rings. The molecule has 7 nitrogen and oxygen atoms in total. The van der Waals surface area contributed by atoms with Crippen LogP contribution in [-0.4, -0.2) is 72.5 Å². The van der Waals surface area contributed by atoms with Gasteiger partial charge in [-0.2, -0.15) is 0 Å². The second-order valence-electron chi connectivity index (χ2n) is 7.38. The van der Waals surface area contributed by atoms with E-state index >= 15 is 0 Å². The van der Waals surface area contributed by atoms with Crippen LogP contribution >= 0.6 is 0 Å². The fourth-order valence-electron chi connectivity index (χ4n) is 4.27. The molecule has 3 aliphatic rings. The summed E-state index contributed by atoms with van der Waals surface area (Å²) in [5.74, 6) is 1.28. The zero-order valence-electron chi connectivity index (χ0n) is 15.1. The molecule has 0 unspecified atom stereocenters. The molecule has 0 aliphatic carbocycles. The number of hydrogen-bond donors (Lipinski definition) is 0. The van der Waals surface area contributed by atoms with Crippen molar-refractivity contribution in [3.05, 3.63) is 17.0 Å². The summed E-state index contributed by atoms with van der Waals surface area (Å²) in [4.78, 5) is 17.3. The Balaban J connectivity index is 1.44. The van der Waals surface area contributed by atoms with Crippen LogP contribution in [0.4, 0.5) is 0 Å².